The number of rotatable bonds is 2. The van der Waals surface area contributed by atoms with Crippen molar-refractivity contribution in [1.82, 2.24) is 4.98 Å². The molecule has 2 heteroatoms. The van der Waals surface area contributed by atoms with Crippen molar-refractivity contribution in [2.45, 2.75) is 38.5 Å². The van der Waals surface area contributed by atoms with Crippen LogP contribution < -0.4 is 4.74 Å². The first-order valence-corrected chi connectivity index (χ1v) is 6.93. The van der Waals surface area contributed by atoms with Crippen LogP contribution in [0.3, 0.4) is 0 Å². The summed E-state index contributed by atoms with van der Waals surface area (Å²) in [5.41, 5.74) is 2.71. The van der Waals surface area contributed by atoms with E-state index in [9.17, 15) is 0 Å². The lowest BCUT2D eigenvalue weighted by Crippen LogP contribution is -2.10. The van der Waals surface area contributed by atoms with E-state index in [0.717, 1.165) is 17.6 Å². The number of aromatic amines is 1. The first-order valence-electron chi connectivity index (χ1n) is 6.93. The maximum Gasteiger partial charge on any atom is 0.119 e. The predicted octanol–water partition coefficient (Wildman–Crippen LogP) is 4.47. The van der Waals surface area contributed by atoms with E-state index in [-0.39, 0.29) is 0 Å². The second-order valence-corrected chi connectivity index (χ2v) is 5.61. The Bertz CT molecular complexity index is 535. The summed E-state index contributed by atoms with van der Waals surface area (Å²) in [5, 5.41) is 1.34. The van der Waals surface area contributed by atoms with E-state index in [1.807, 2.05) is 6.07 Å². The number of hydrogen-bond acceptors (Lipinski definition) is 1. The lowest BCUT2D eigenvalue weighted by Gasteiger charge is -2.26. The predicted molar refractivity (Wildman–Crippen MR) is 75.2 cm³/mol. The zero-order chi connectivity index (χ0) is 12.5. The molecule has 96 valence electrons. The van der Waals surface area contributed by atoms with Gasteiger partial charge in [-0.1, -0.05) is 19.8 Å². The van der Waals surface area contributed by atoms with Gasteiger partial charge in [0.05, 0.1) is 7.11 Å². The van der Waals surface area contributed by atoms with Gasteiger partial charge >= 0.3 is 0 Å². The zero-order valence-corrected chi connectivity index (χ0v) is 11.2. The molecule has 2 nitrogen and oxygen atoms in total. The highest BCUT2D eigenvalue weighted by molar-refractivity contribution is 5.85. The molecule has 0 bridgehead atoms. The Hall–Kier alpha value is -1.44. The third kappa shape index (κ3) is 2.00. The van der Waals surface area contributed by atoms with Crippen LogP contribution >= 0.6 is 0 Å². The van der Waals surface area contributed by atoms with Crippen LogP contribution in [0.2, 0.25) is 0 Å². The number of nitrogens with one attached hydrogen (secondary N) is 1. The summed E-state index contributed by atoms with van der Waals surface area (Å²) in [5.74, 6) is 2.58. The van der Waals surface area contributed by atoms with Gasteiger partial charge in [0, 0.05) is 17.1 Å². The Morgan fingerprint density at radius 1 is 1.17 bits per heavy atom. The summed E-state index contributed by atoms with van der Waals surface area (Å²) >= 11 is 0. The first kappa shape index (κ1) is 11.6. The molecule has 18 heavy (non-hydrogen) atoms. The molecule has 2 aromatic rings. The van der Waals surface area contributed by atoms with Crippen LogP contribution in [0.1, 0.15) is 44.1 Å². The van der Waals surface area contributed by atoms with Crippen LogP contribution in [0, 0.1) is 5.92 Å². The Kier molecular flexibility index (Phi) is 3.02. The Morgan fingerprint density at radius 2 is 1.94 bits per heavy atom. The Balaban J connectivity index is 1.96. The summed E-state index contributed by atoms with van der Waals surface area (Å²) in [4.78, 5) is 3.39. The monoisotopic (exact) mass is 243 g/mol. The van der Waals surface area contributed by atoms with E-state index >= 15 is 0 Å². The molecule has 1 aliphatic carbocycles. The van der Waals surface area contributed by atoms with Crippen molar-refractivity contribution in [1.29, 1.82) is 0 Å². The van der Waals surface area contributed by atoms with Gasteiger partial charge < -0.3 is 9.72 Å². The highest BCUT2D eigenvalue weighted by Crippen LogP contribution is 2.39. The van der Waals surface area contributed by atoms with Crippen LogP contribution in [0.4, 0.5) is 0 Å². The van der Waals surface area contributed by atoms with Crippen molar-refractivity contribution in [2.24, 2.45) is 5.92 Å². The summed E-state index contributed by atoms with van der Waals surface area (Å²) in [6.07, 6.45) is 7.57. The average Bonchev–Trinajstić information content (AvgIpc) is 2.82. The van der Waals surface area contributed by atoms with Gasteiger partial charge in [-0.2, -0.15) is 0 Å². The number of hydrogen-bond donors (Lipinski definition) is 1. The lowest BCUT2D eigenvalue weighted by molar-refractivity contribution is 0.349. The SMILES string of the molecule is COc1ccc2[nH]cc(C3CCC(C)CC3)c2c1. The van der Waals surface area contributed by atoms with Crippen LogP contribution in [-0.2, 0) is 0 Å². The average molecular weight is 243 g/mol. The summed E-state index contributed by atoms with van der Waals surface area (Å²) in [7, 11) is 1.73. The molecule has 1 aromatic heterocycles. The van der Waals surface area contributed by atoms with E-state index in [0.29, 0.717) is 0 Å². The maximum atomic E-state index is 5.34. The fourth-order valence-corrected chi connectivity index (χ4v) is 3.16. The molecule has 0 atom stereocenters. The number of ether oxygens (including phenoxy) is 1. The maximum absolute atomic E-state index is 5.34. The van der Waals surface area contributed by atoms with Gasteiger partial charge in [0.25, 0.3) is 0 Å². The topological polar surface area (TPSA) is 25.0 Å². The number of fused-ring (bicyclic) bond motifs is 1. The first-order chi connectivity index (χ1) is 8.78. The Labute approximate surface area is 108 Å². The van der Waals surface area contributed by atoms with Gasteiger partial charge in [0.1, 0.15) is 5.75 Å². The molecule has 1 aromatic carbocycles. The van der Waals surface area contributed by atoms with Crippen molar-refractivity contribution in [2.75, 3.05) is 7.11 Å². The molecule has 0 radical (unpaired) electrons. The molecular formula is C16H21NO. The summed E-state index contributed by atoms with van der Waals surface area (Å²) in [6.45, 7) is 2.37. The normalized spacial score (nSPS) is 24.3. The number of benzene rings is 1. The molecule has 0 spiro atoms. The van der Waals surface area contributed by atoms with Crippen molar-refractivity contribution in [3.05, 3.63) is 30.0 Å². The minimum Gasteiger partial charge on any atom is -0.497 e. The van der Waals surface area contributed by atoms with Gasteiger partial charge in [0.2, 0.25) is 0 Å². The number of aromatic nitrogens is 1. The van der Waals surface area contributed by atoms with Crippen molar-refractivity contribution in [3.8, 4) is 5.75 Å². The molecule has 1 saturated carbocycles. The standard InChI is InChI=1S/C16H21NO/c1-11-3-5-12(6-4-11)15-10-17-16-8-7-13(18-2)9-14(15)16/h7-12,17H,3-6H2,1-2H3. The molecular weight excluding hydrogens is 222 g/mol. The molecule has 3 rings (SSSR count). The quantitative estimate of drug-likeness (QED) is 0.827. The molecule has 1 aliphatic rings. The van der Waals surface area contributed by atoms with Gasteiger partial charge in [-0.25, -0.2) is 0 Å². The Morgan fingerprint density at radius 3 is 2.67 bits per heavy atom. The highest BCUT2D eigenvalue weighted by atomic mass is 16.5. The largest absolute Gasteiger partial charge is 0.497 e. The third-order valence-corrected chi connectivity index (χ3v) is 4.38. The van der Waals surface area contributed by atoms with Crippen LogP contribution in [0.25, 0.3) is 10.9 Å². The summed E-state index contributed by atoms with van der Waals surface area (Å²) in [6, 6.07) is 6.30. The van der Waals surface area contributed by atoms with E-state index in [2.05, 4.69) is 30.2 Å². The van der Waals surface area contributed by atoms with Gasteiger partial charge in [-0.15, -0.1) is 0 Å². The third-order valence-electron chi connectivity index (χ3n) is 4.38. The van der Waals surface area contributed by atoms with Gasteiger partial charge in [-0.3, -0.25) is 0 Å². The second-order valence-electron chi connectivity index (χ2n) is 5.61. The summed E-state index contributed by atoms with van der Waals surface area (Å²) < 4.78 is 5.34. The van der Waals surface area contributed by atoms with E-state index in [1.54, 1.807) is 7.11 Å². The molecule has 0 aliphatic heterocycles. The molecule has 0 unspecified atom stereocenters. The van der Waals surface area contributed by atoms with Crippen molar-refractivity contribution < 1.29 is 4.74 Å². The lowest BCUT2D eigenvalue weighted by atomic mass is 9.79. The van der Waals surface area contributed by atoms with Crippen molar-refractivity contribution in [3.63, 3.8) is 0 Å². The van der Waals surface area contributed by atoms with Gasteiger partial charge in [-0.05, 0) is 48.4 Å². The second kappa shape index (κ2) is 4.68. The number of H-pyrrole nitrogens is 1. The molecule has 0 amide bonds. The fraction of sp³-hybridized carbons (Fsp3) is 0.500. The minimum atomic E-state index is 0.724. The van der Waals surface area contributed by atoms with E-state index < -0.39 is 0 Å². The van der Waals surface area contributed by atoms with E-state index in [4.69, 9.17) is 4.74 Å². The molecule has 1 heterocycles. The van der Waals surface area contributed by atoms with Crippen LogP contribution in [0.5, 0.6) is 5.75 Å². The van der Waals surface area contributed by atoms with Gasteiger partial charge in [0.15, 0.2) is 0 Å². The molecule has 0 saturated heterocycles. The zero-order valence-electron chi connectivity index (χ0n) is 11.2. The smallest absolute Gasteiger partial charge is 0.119 e. The van der Waals surface area contributed by atoms with Crippen LogP contribution in [0.15, 0.2) is 24.4 Å². The molecule has 1 fully saturated rings. The van der Waals surface area contributed by atoms with Crippen molar-refractivity contribution >= 4 is 10.9 Å². The fourth-order valence-electron chi connectivity index (χ4n) is 3.16. The molecule has 1 N–H and O–H groups in total. The number of methoxy groups -OCH3 is 1. The van der Waals surface area contributed by atoms with Crippen LogP contribution in [-0.4, -0.2) is 12.1 Å². The van der Waals surface area contributed by atoms with E-state index in [1.165, 1.54) is 42.1 Å². The minimum absolute atomic E-state index is 0.724. The highest BCUT2D eigenvalue weighted by Gasteiger charge is 2.22.